The Bertz CT molecular complexity index is 438. The summed E-state index contributed by atoms with van der Waals surface area (Å²) in [4.78, 5) is 14.2. The molecule has 116 valence electrons. The van der Waals surface area contributed by atoms with Crippen LogP contribution < -0.4 is 5.32 Å². The molecular formula is C16H24N2O3. The van der Waals surface area contributed by atoms with E-state index in [1.165, 1.54) is 0 Å². The summed E-state index contributed by atoms with van der Waals surface area (Å²) in [5, 5.41) is 12.8. The number of hydrogen-bond acceptors (Lipinski definition) is 4. The van der Waals surface area contributed by atoms with Crippen LogP contribution in [-0.2, 0) is 16.0 Å². The van der Waals surface area contributed by atoms with Crippen molar-refractivity contribution in [1.29, 1.82) is 0 Å². The number of carbonyl (C=O) groups is 1. The van der Waals surface area contributed by atoms with E-state index in [2.05, 4.69) is 17.1 Å². The van der Waals surface area contributed by atoms with Gasteiger partial charge in [-0.25, -0.2) is 0 Å². The van der Waals surface area contributed by atoms with Gasteiger partial charge in [-0.05, 0) is 12.1 Å². The molecule has 1 aliphatic heterocycles. The Morgan fingerprint density at radius 1 is 1.48 bits per heavy atom. The molecule has 0 aromatic heterocycles. The predicted octanol–water partition coefficient (Wildman–Crippen LogP) is 0.427. The van der Waals surface area contributed by atoms with Crippen LogP contribution in [0.2, 0.25) is 0 Å². The summed E-state index contributed by atoms with van der Waals surface area (Å²) in [7, 11) is 0. The van der Waals surface area contributed by atoms with Crippen LogP contribution >= 0.6 is 0 Å². The SMILES string of the molecule is CCN1CCO[C@@H](C(=O)NC[C@H](O)Cc2ccccc2)C1. The molecule has 5 heteroatoms. The van der Waals surface area contributed by atoms with Gasteiger partial charge in [0.2, 0.25) is 0 Å². The third-order valence-corrected chi connectivity index (χ3v) is 3.72. The molecule has 0 radical (unpaired) electrons. The minimum atomic E-state index is -0.581. The Morgan fingerprint density at radius 2 is 2.24 bits per heavy atom. The van der Waals surface area contributed by atoms with Gasteiger partial charge in [0, 0.05) is 26.1 Å². The number of benzene rings is 1. The summed E-state index contributed by atoms with van der Waals surface area (Å²) < 4.78 is 5.49. The zero-order valence-corrected chi connectivity index (χ0v) is 12.5. The second kappa shape index (κ2) is 8.12. The average molecular weight is 292 g/mol. The Kier molecular flexibility index (Phi) is 6.17. The van der Waals surface area contributed by atoms with E-state index in [-0.39, 0.29) is 12.5 Å². The van der Waals surface area contributed by atoms with Gasteiger partial charge in [-0.15, -0.1) is 0 Å². The predicted molar refractivity (Wildman–Crippen MR) is 81.0 cm³/mol. The first kappa shape index (κ1) is 15.9. The van der Waals surface area contributed by atoms with Crippen LogP contribution in [0.3, 0.4) is 0 Å². The molecular weight excluding hydrogens is 268 g/mol. The average Bonchev–Trinajstić information content (AvgIpc) is 2.53. The van der Waals surface area contributed by atoms with Crippen molar-refractivity contribution in [1.82, 2.24) is 10.2 Å². The van der Waals surface area contributed by atoms with Crippen LogP contribution in [0.15, 0.2) is 30.3 Å². The maximum atomic E-state index is 12.0. The Labute approximate surface area is 125 Å². The number of morpholine rings is 1. The number of ether oxygens (including phenoxy) is 1. The van der Waals surface area contributed by atoms with E-state index in [9.17, 15) is 9.90 Å². The maximum Gasteiger partial charge on any atom is 0.250 e. The number of hydrogen-bond donors (Lipinski definition) is 2. The maximum absolute atomic E-state index is 12.0. The van der Waals surface area contributed by atoms with E-state index >= 15 is 0 Å². The molecule has 1 aliphatic rings. The summed E-state index contributed by atoms with van der Waals surface area (Å²) in [6.45, 7) is 5.32. The lowest BCUT2D eigenvalue weighted by Gasteiger charge is -2.31. The largest absolute Gasteiger partial charge is 0.391 e. The smallest absolute Gasteiger partial charge is 0.250 e. The van der Waals surface area contributed by atoms with Gasteiger partial charge in [0.15, 0.2) is 0 Å². The fraction of sp³-hybridized carbons (Fsp3) is 0.562. The molecule has 1 heterocycles. The number of rotatable bonds is 6. The lowest BCUT2D eigenvalue weighted by Crippen LogP contribution is -2.50. The second-order valence-corrected chi connectivity index (χ2v) is 5.34. The Morgan fingerprint density at radius 3 is 2.95 bits per heavy atom. The van der Waals surface area contributed by atoms with E-state index in [1.54, 1.807) is 0 Å². The summed E-state index contributed by atoms with van der Waals surface area (Å²) in [5.74, 6) is -0.139. The van der Waals surface area contributed by atoms with Gasteiger partial charge in [-0.1, -0.05) is 37.3 Å². The first-order chi connectivity index (χ1) is 10.2. The number of amides is 1. The van der Waals surface area contributed by atoms with Crippen LogP contribution in [0.5, 0.6) is 0 Å². The van der Waals surface area contributed by atoms with Crippen molar-refractivity contribution in [2.75, 3.05) is 32.8 Å². The van der Waals surface area contributed by atoms with Crippen molar-refractivity contribution in [2.24, 2.45) is 0 Å². The van der Waals surface area contributed by atoms with E-state index in [4.69, 9.17) is 4.74 Å². The van der Waals surface area contributed by atoms with Crippen molar-refractivity contribution in [3.8, 4) is 0 Å². The summed E-state index contributed by atoms with van der Waals surface area (Å²) >= 11 is 0. The van der Waals surface area contributed by atoms with Crippen molar-refractivity contribution >= 4 is 5.91 Å². The molecule has 5 nitrogen and oxygen atoms in total. The van der Waals surface area contributed by atoms with Gasteiger partial charge in [-0.3, -0.25) is 9.69 Å². The van der Waals surface area contributed by atoms with Crippen LogP contribution in [0.4, 0.5) is 0 Å². The number of aliphatic hydroxyl groups is 1. The van der Waals surface area contributed by atoms with E-state index in [0.717, 1.165) is 18.7 Å². The molecule has 2 atom stereocenters. The quantitative estimate of drug-likeness (QED) is 0.798. The number of nitrogens with one attached hydrogen (secondary N) is 1. The Hall–Kier alpha value is -1.43. The van der Waals surface area contributed by atoms with Crippen LogP contribution in [0.1, 0.15) is 12.5 Å². The molecule has 0 unspecified atom stereocenters. The fourth-order valence-corrected chi connectivity index (χ4v) is 2.44. The van der Waals surface area contributed by atoms with Gasteiger partial charge < -0.3 is 15.2 Å². The summed E-state index contributed by atoms with van der Waals surface area (Å²) in [6, 6.07) is 9.76. The summed E-state index contributed by atoms with van der Waals surface area (Å²) in [5.41, 5.74) is 1.06. The van der Waals surface area contributed by atoms with E-state index < -0.39 is 12.2 Å². The van der Waals surface area contributed by atoms with Gasteiger partial charge in [0.25, 0.3) is 5.91 Å². The molecule has 2 rings (SSSR count). The summed E-state index contributed by atoms with van der Waals surface area (Å²) in [6.07, 6.45) is -0.474. The monoisotopic (exact) mass is 292 g/mol. The van der Waals surface area contributed by atoms with Crippen molar-refractivity contribution < 1.29 is 14.6 Å². The van der Waals surface area contributed by atoms with Gasteiger partial charge in [0.1, 0.15) is 6.10 Å². The Balaban J connectivity index is 1.73. The van der Waals surface area contributed by atoms with Gasteiger partial charge in [0.05, 0.1) is 12.7 Å². The molecule has 2 N–H and O–H groups in total. The lowest BCUT2D eigenvalue weighted by atomic mass is 10.1. The molecule has 0 bridgehead atoms. The molecule has 0 spiro atoms. The third kappa shape index (κ3) is 5.12. The minimum absolute atomic E-state index is 0.139. The molecule has 21 heavy (non-hydrogen) atoms. The zero-order chi connectivity index (χ0) is 15.1. The molecule has 0 aliphatic carbocycles. The minimum Gasteiger partial charge on any atom is -0.391 e. The van der Waals surface area contributed by atoms with Crippen molar-refractivity contribution in [2.45, 2.75) is 25.6 Å². The molecule has 1 fully saturated rings. The van der Waals surface area contributed by atoms with Gasteiger partial charge in [-0.2, -0.15) is 0 Å². The zero-order valence-electron chi connectivity index (χ0n) is 12.5. The molecule has 1 aromatic rings. The molecule has 1 amide bonds. The topological polar surface area (TPSA) is 61.8 Å². The van der Waals surface area contributed by atoms with Crippen LogP contribution in [-0.4, -0.2) is 60.9 Å². The number of carbonyl (C=O) groups excluding carboxylic acids is 1. The molecule has 1 saturated heterocycles. The highest BCUT2D eigenvalue weighted by Crippen LogP contribution is 2.06. The van der Waals surface area contributed by atoms with Crippen LogP contribution in [0.25, 0.3) is 0 Å². The molecule has 0 saturated carbocycles. The van der Waals surface area contributed by atoms with Gasteiger partial charge >= 0.3 is 0 Å². The fourth-order valence-electron chi connectivity index (χ4n) is 2.44. The lowest BCUT2D eigenvalue weighted by molar-refractivity contribution is -0.138. The second-order valence-electron chi connectivity index (χ2n) is 5.34. The highest BCUT2D eigenvalue weighted by molar-refractivity contribution is 5.81. The first-order valence-electron chi connectivity index (χ1n) is 7.52. The third-order valence-electron chi connectivity index (χ3n) is 3.72. The number of aliphatic hydroxyl groups excluding tert-OH is 1. The van der Waals surface area contributed by atoms with Crippen molar-refractivity contribution in [3.05, 3.63) is 35.9 Å². The highest BCUT2D eigenvalue weighted by Gasteiger charge is 2.25. The normalized spacial score (nSPS) is 21.0. The highest BCUT2D eigenvalue weighted by atomic mass is 16.5. The standard InChI is InChI=1S/C16H24N2O3/c1-2-18-8-9-21-15(12-18)16(20)17-11-14(19)10-13-6-4-3-5-7-13/h3-7,14-15,19H,2,8-12H2,1H3,(H,17,20)/t14-,15-/m1/s1. The van der Waals surface area contributed by atoms with E-state index in [1.807, 2.05) is 30.3 Å². The first-order valence-corrected chi connectivity index (χ1v) is 7.52. The van der Waals surface area contributed by atoms with E-state index in [0.29, 0.717) is 19.6 Å². The molecule has 1 aromatic carbocycles. The van der Waals surface area contributed by atoms with Crippen LogP contribution in [0, 0.1) is 0 Å². The van der Waals surface area contributed by atoms with Crippen molar-refractivity contribution in [3.63, 3.8) is 0 Å². The number of likely N-dealkylation sites (N-methyl/N-ethyl adjacent to an activating group) is 1. The number of nitrogens with zero attached hydrogens (tertiary/aromatic N) is 1.